The molecule has 1 aromatic rings. The van der Waals surface area contributed by atoms with Gasteiger partial charge < -0.3 is 15.5 Å². The fourth-order valence-electron chi connectivity index (χ4n) is 1.43. The van der Waals surface area contributed by atoms with E-state index in [9.17, 15) is 5.11 Å². The number of rotatable bonds is 5. The standard InChI is InChI=1S/C12H16N2O2/c1-2-10(5-6-13)14-8-9-3-4-11(15)7-12(9)16/h3-4,7,10,14-16H,2,5,8H2,1H3. The highest BCUT2D eigenvalue weighted by atomic mass is 16.3. The molecular weight excluding hydrogens is 204 g/mol. The second-order valence-corrected chi connectivity index (χ2v) is 3.66. The van der Waals surface area contributed by atoms with Crippen molar-refractivity contribution >= 4 is 0 Å². The topological polar surface area (TPSA) is 76.3 Å². The molecule has 4 heteroatoms. The molecule has 0 saturated heterocycles. The summed E-state index contributed by atoms with van der Waals surface area (Å²) >= 11 is 0. The Bertz CT molecular complexity index is 385. The number of hydrogen-bond acceptors (Lipinski definition) is 4. The lowest BCUT2D eigenvalue weighted by atomic mass is 10.1. The average Bonchev–Trinajstić information content (AvgIpc) is 2.26. The number of nitrogens with zero attached hydrogens (tertiary/aromatic N) is 1. The van der Waals surface area contributed by atoms with Crippen LogP contribution in [0.2, 0.25) is 0 Å². The number of phenolic OH excluding ortho intramolecular Hbond substituents is 2. The number of hydrogen-bond donors (Lipinski definition) is 3. The Labute approximate surface area is 95.2 Å². The van der Waals surface area contributed by atoms with Crippen LogP contribution in [0.15, 0.2) is 18.2 Å². The molecule has 0 aliphatic heterocycles. The van der Waals surface area contributed by atoms with Crippen LogP contribution in [0.4, 0.5) is 0 Å². The highest BCUT2D eigenvalue weighted by molar-refractivity contribution is 5.38. The van der Waals surface area contributed by atoms with E-state index in [0.29, 0.717) is 18.5 Å². The first-order valence-electron chi connectivity index (χ1n) is 5.28. The lowest BCUT2D eigenvalue weighted by Crippen LogP contribution is -2.27. The van der Waals surface area contributed by atoms with Gasteiger partial charge in [0.2, 0.25) is 0 Å². The number of benzene rings is 1. The molecule has 0 saturated carbocycles. The molecule has 1 aromatic carbocycles. The van der Waals surface area contributed by atoms with Crippen molar-refractivity contribution in [3.05, 3.63) is 23.8 Å². The summed E-state index contributed by atoms with van der Waals surface area (Å²) in [6.07, 6.45) is 1.32. The van der Waals surface area contributed by atoms with Crippen LogP contribution in [0.1, 0.15) is 25.3 Å². The third-order valence-electron chi connectivity index (χ3n) is 2.48. The second-order valence-electron chi connectivity index (χ2n) is 3.66. The predicted molar refractivity (Wildman–Crippen MR) is 60.9 cm³/mol. The third kappa shape index (κ3) is 3.44. The molecule has 1 atom stereocenters. The second kappa shape index (κ2) is 5.99. The quantitative estimate of drug-likeness (QED) is 0.708. The van der Waals surface area contributed by atoms with E-state index in [1.54, 1.807) is 6.07 Å². The van der Waals surface area contributed by atoms with Crippen LogP contribution < -0.4 is 5.32 Å². The normalized spacial score (nSPS) is 12.0. The van der Waals surface area contributed by atoms with Crippen LogP contribution in [0.3, 0.4) is 0 Å². The molecule has 1 unspecified atom stereocenters. The summed E-state index contributed by atoms with van der Waals surface area (Å²) in [7, 11) is 0. The van der Waals surface area contributed by atoms with Gasteiger partial charge in [0.1, 0.15) is 11.5 Å². The minimum Gasteiger partial charge on any atom is -0.508 e. The molecule has 16 heavy (non-hydrogen) atoms. The Morgan fingerprint density at radius 2 is 2.19 bits per heavy atom. The fourth-order valence-corrected chi connectivity index (χ4v) is 1.43. The number of nitrogens with one attached hydrogen (secondary N) is 1. The smallest absolute Gasteiger partial charge is 0.123 e. The zero-order chi connectivity index (χ0) is 12.0. The zero-order valence-electron chi connectivity index (χ0n) is 9.27. The van der Waals surface area contributed by atoms with Gasteiger partial charge in [0.05, 0.1) is 12.5 Å². The van der Waals surface area contributed by atoms with E-state index in [1.807, 2.05) is 6.92 Å². The van der Waals surface area contributed by atoms with Crippen molar-refractivity contribution in [1.82, 2.24) is 5.32 Å². The van der Waals surface area contributed by atoms with Crippen LogP contribution in [-0.4, -0.2) is 16.3 Å². The van der Waals surface area contributed by atoms with Gasteiger partial charge in [-0.3, -0.25) is 0 Å². The Kier molecular flexibility index (Phi) is 4.62. The fraction of sp³-hybridized carbons (Fsp3) is 0.417. The van der Waals surface area contributed by atoms with Crippen molar-refractivity contribution in [2.24, 2.45) is 0 Å². The SMILES string of the molecule is CCC(CC#N)NCc1ccc(O)cc1O. The number of nitriles is 1. The van der Waals surface area contributed by atoms with Crippen molar-refractivity contribution in [3.63, 3.8) is 0 Å². The van der Waals surface area contributed by atoms with E-state index < -0.39 is 0 Å². The largest absolute Gasteiger partial charge is 0.508 e. The van der Waals surface area contributed by atoms with Crippen molar-refractivity contribution in [2.45, 2.75) is 32.4 Å². The molecule has 0 fully saturated rings. The van der Waals surface area contributed by atoms with Crippen molar-refractivity contribution in [2.75, 3.05) is 0 Å². The Morgan fingerprint density at radius 3 is 2.75 bits per heavy atom. The first-order chi connectivity index (χ1) is 7.67. The Balaban J connectivity index is 2.57. The summed E-state index contributed by atoms with van der Waals surface area (Å²) in [5.74, 6) is 0.115. The molecule has 0 aromatic heterocycles. The zero-order valence-corrected chi connectivity index (χ0v) is 9.27. The van der Waals surface area contributed by atoms with Gasteiger partial charge in [-0.25, -0.2) is 0 Å². The van der Waals surface area contributed by atoms with E-state index in [-0.39, 0.29) is 17.5 Å². The van der Waals surface area contributed by atoms with Gasteiger partial charge >= 0.3 is 0 Å². The summed E-state index contributed by atoms with van der Waals surface area (Å²) in [5.41, 5.74) is 0.717. The first-order valence-corrected chi connectivity index (χ1v) is 5.28. The molecule has 0 heterocycles. The van der Waals surface area contributed by atoms with Crippen LogP contribution >= 0.6 is 0 Å². The molecule has 1 rings (SSSR count). The molecule has 0 aliphatic carbocycles. The summed E-state index contributed by atoms with van der Waals surface area (Å²) in [5, 5.41) is 30.4. The molecule has 0 radical (unpaired) electrons. The molecule has 0 bridgehead atoms. The van der Waals surface area contributed by atoms with Gasteiger partial charge in [-0.1, -0.05) is 13.0 Å². The molecule has 0 spiro atoms. The Morgan fingerprint density at radius 1 is 1.44 bits per heavy atom. The summed E-state index contributed by atoms with van der Waals surface area (Å²) in [4.78, 5) is 0. The van der Waals surface area contributed by atoms with Crippen LogP contribution in [0.5, 0.6) is 11.5 Å². The maximum absolute atomic E-state index is 9.54. The summed E-state index contributed by atoms with van der Waals surface area (Å²) in [6, 6.07) is 6.75. The minimum absolute atomic E-state index is 0.0466. The molecule has 3 N–H and O–H groups in total. The highest BCUT2D eigenvalue weighted by Gasteiger charge is 2.07. The number of aromatic hydroxyl groups is 2. The predicted octanol–water partition coefficient (Wildman–Crippen LogP) is 1.88. The molecule has 0 amide bonds. The van der Waals surface area contributed by atoms with E-state index in [0.717, 1.165) is 6.42 Å². The van der Waals surface area contributed by atoms with Crippen LogP contribution in [0.25, 0.3) is 0 Å². The van der Waals surface area contributed by atoms with Gasteiger partial charge in [0.25, 0.3) is 0 Å². The van der Waals surface area contributed by atoms with E-state index in [1.165, 1.54) is 12.1 Å². The minimum atomic E-state index is 0.0466. The van der Waals surface area contributed by atoms with Gasteiger partial charge in [0, 0.05) is 24.2 Å². The summed E-state index contributed by atoms with van der Waals surface area (Å²) in [6.45, 7) is 2.50. The molecule has 4 nitrogen and oxygen atoms in total. The van der Waals surface area contributed by atoms with Gasteiger partial charge in [0.15, 0.2) is 0 Å². The van der Waals surface area contributed by atoms with Crippen molar-refractivity contribution in [1.29, 1.82) is 5.26 Å². The molecule has 0 aliphatic rings. The van der Waals surface area contributed by atoms with Crippen LogP contribution in [-0.2, 0) is 6.54 Å². The van der Waals surface area contributed by atoms with Gasteiger partial charge in [-0.05, 0) is 12.5 Å². The van der Waals surface area contributed by atoms with Crippen LogP contribution in [0, 0.1) is 11.3 Å². The highest BCUT2D eigenvalue weighted by Crippen LogP contribution is 2.22. The number of phenols is 2. The molecule has 86 valence electrons. The van der Waals surface area contributed by atoms with Gasteiger partial charge in [-0.2, -0.15) is 5.26 Å². The molecular formula is C12H16N2O2. The first kappa shape index (κ1) is 12.3. The van der Waals surface area contributed by atoms with E-state index in [2.05, 4.69) is 11.4 Å². The van der Waals surface area contributed by atoms with E-state index in [4.69, 9.17) is 10.4 Å². The Hall–Kier alpha value is -1.73. The van der Waals surface area contributed by atoms with Crippen molar-refractivity contribution in [3.8, 4) is 17.6 Å². The van der Waals surface area contributed by atoms with E-state index >= 15 is 0 Å². The lowest BCUT2D eigenvalue weighted by Gasteiger charge is -2.14. The summed E-state index contributed by atoms with van der Waals surface area (Å²) < 4.78 is 0. The maximum Gasteiger partial charge on any atom is 0.123 e. The van der Waals surface area contributed by atoms with Gasteiger partial charge in [-0.15, -0.1) is 0 Å². The monoisotopic (exact) mass is 220 g/mol. The van der Waals surface area contributed by atoms with Crippen molar-refractivity contribution < 1.29 is 10.2 Å². The average molecular weight is 220 g/mol. The third-order valence-corrected chi connectivity index (χ3v) is 2.48. The lowest BCUT2D eigenvalue weighted by molar-refractivity contribution is 0.438. The maximum atomic E-state index is 9.54.